The number of hydrogen-bond acceptors (Lipinski definition) is 7. The minimum Gasteiger partial charge on any atom is -0.490 e. The molecule has 7 nitrogen and oxygen atoms in total. The van der Waals surface area contributed by atoms with E-state index in [9.17, 15) is 10.1 Å². The molecular formula is C25H24Cl2N2O5. The number of nitriles is 1. The van der Waals surface area contributed by atoms with Crippen molar-refractivity contribution in [3.05, 3.63) is 80.4 Å². The van der Waals surface area contributed by atoms with E-state index in [4.69, 9.17) is 47.9 Å². The Morgan fingerprint density at radius 2 is 1.88 bits per heavy atom. The standard InChI is InChI=1S/C25H24Cl2N2O5/c1-4-31-21-10-15(7-9-20(21)33-13-16-6-8-17(26)11-19(16)27)23-18(12-28)24(29)34-14(3)22(23)25(30)32-5-2/h6-11,23H,4-5,13,29H2,1-3H3. The topological polar surface area (TPSA) is 104 Å². The van der Waals surface area contributed by atoms with Gasteiger partial charge in [0.25, 0.3) is 0 Å². The molecule has 9 heteroatoms. The number of rotatable bonds is 8. The van der Waals surface area contributed by atoms with E-state index in [-0.39, 0.29) is 36.0 Å². The SMILES string of the molecule is CCOC(=O)C1=C(C)OC(N)=C(C#N)C1c1ccc(OCc2ccc(Cl)cc2Cl)c(OCC)c1. The molecule has 3 rings (SSSR count). The van der Waals surface area contributed by atoms with Crippen molar-refractivity contribution in [1.29, 1.82) is 5.26 Å². The summed E-state index contributed by atoms with van der Waals surface area (Å²) in [7, 11) is 0. The van der Waals surface area contributed by atoms with Crippen molar-refractivity contribution in [3.63, 3.8) is 0 Å². The second-order valence-electron chi connectivity index (χ2n) is 7.28. The molecule has 1 atom stereocenters. The van der Waals surface area contributed by atoms with Gasteiger partial charge in [0, 0.05) is 15.6 Å². The van der Waals surface area contributed by atoms with Gasteiger partial charge < -0.3 is 24.7 Å². The highest BCUT2D eigenvalue weighted by molar-refractivity contribution is 6.35. The monoisotopic (exact) mass is 502 g/mol. The molecule has 0 saturated heterocycles. The molecule has 0 radical (unpaired) electrons. The summed E-state index contributed by atoms with van der Waals surface area (Å²) in [6, 6.07) is 12.4. The van der Waals surface area contributed by atoms with Gasteiger partial charge in [0.1, 0.15) is 24.0 Å². The van der Waals surface area contributed by atoms with E-state index in [1.165, 1.54) is 0 Å². The maximum Gasteiger partial charge on any atom is 0.338 e. The molecule has 0 aliphatic carbocycles. The summed E-state index contributed by atoms with van der Waals surface area (Å²) in [6.45, 7) is 5.89. The fourth-order valence-electron chi connectivity index (χ4n) is 3.57. The molecule has 0 amide bonds. The van der Waals surface area contributed by atoms with Crippen LogP contribution in [-0.4, -0.2) is 19.2 Å². The first-order chi connectivity index (χ1) is 16.3. The molecule has 178 valence electrons. The van der Waals surface area contributed by atoms with Gasteiger partial charge in [-0.2, -0.15) is 5.26 Å². The lowest BCUT2D eigenvalue weighted by Gasteiger charge is -2.27. The fourth-order valence-corrected chi connectivity index (χ4v) is 4.04. The lowest BCUT2D eigenvalue weighted by molar-refractivity contribution is -0.139. The van der Waals surface area contributed by atoms with Crippen molar-refractivity contribution < 1.29 is 23.7 Å². The molecule has 1 aliphatic heterocycles. The second-order valence-corrected chi connectivity index (χ2v) is 8.12. The summed E-state index contributed by atoms with van der Waals surface area (Å²) >= 11 is 12.2. The number of ether oxygens (including phenoxy) is 4. The third-order valence-electron chi connectivity index (χ3n) is 5.10. The molecule has 2 N–H and O–H groups in total. The Labute approximate surface area is 208 Å². The second kappa shape index (κ2) is 11.2. The van der Waals surface area contributed by atoms with Crippen LogP contribution in [-0.2, 0) is 20.9 Å². The van der Waals surface area contributed by atoms with Gasteiger partial charge in [0.2, 0.25) is 5.88 Å². The van der Waals surface area contributed by atoms with E-state index in [0.717, 1.165) is 5.56 Å². The number of nitrogens with zero attached hydrogens (tertiary/aromatic N) is 1. The van der Waals surface area contributed by atoms with E-state index in [0.29, 0.717) is 33.7 Å². The number of carbonyl (C=O) groups is 1. The number of hydrogen-bond donors (Lipinski definition) is 1. The zero-order chi connectivity index (χ0) is 24.8. The normalized spacial score (nSPS) is 15.5. The largest absolute Gasteiger partial charge is 0.490 e. The Kier molecular flexibility index (Phi) is 8.32. The first-order valence-corrected chi connectivity index (χ1v) is 11.3. The van der Waals surface area contributed by atoms with Crippen molar-refractivity contribution in [2.45, 2.75) is 33.3 Å². The van der Waals surface area contributed by atoms with Crippen LogP contribution < -0.4 is 15.2 Å². The summed E-state index contributed by atoms with van der Waals surface area (Å²) in [5, 5.41) is 10.8. The first kappa shape index (κ1) is 25.3. The minimum atomic E-state index is -0.781. The number of allylic oxidation sites excluding steroid dienone is 2. The summed E-state index contributed by atoms with van der Waals surface area (Å²) in [4.78, 5) is 12.7. The van der Waals surface area contributed by atoms with Crippen LogP contribution >= 0.6 is 23.2 Å². The Morgan fingerprint density at radius 1 is 1.12 bits per heavy atom. The molecule has 0 bridgehead atoms. The van der Waals surface area contributed by atoms with Crippen LogP contribution in [0.1, 0.15) is 37.8 Å². The first-order valence-electron chi connectivity index (χ1n) is 10.6. The van der Waals surface area contributed by atoms with Crippen molar-refractivity contribution in [2.24, 2.45) is 5.73 Å². The fraction of sp³-hybridized carbons (Fsp3) is 0.280. The lowest BCUT2D eigenvalue weighted by atomic mass is 9.83. The molecule has 1 heterocycles. The van der Waals surface area contributed by atoms with Gasteiger partial charge in [-0.25, -0.2) is 4.79 Å². The molecule has 0 aromatic heterocycles. The molecular weight excluding hydrogens is 479 g/mol. The average molecular weight is 503 g/mol. The number of carbonyl (C=O) groups excluding carboxylic acids is 1. The zero-order valence-electron chi connectivity index (χ0n) is 19.0. The van der Waals surface area contributed by atoms with E-state index < -0.39 is 11.9 Å². The van der Waals surface area contributed by atoms with Crippen LogP contribution in [0.3, 0.4) is 0 Å². The van der Waals surface area contributed by atoms with Crippen molar-refractivity contribution in [3.8, 4) is 17.6 Å². The molecule has 1 aliphatic rings. The van der Waals surface area contributed by atoms with Crippen LogP contribution in [0.15, 0.2) is 59.2 Å². The van der Waals surface area contributed by atoms with Gasteiger partial charge in [0.05, 0.1) is 24.7 Å². The lowest BCUT2D eigenvalue weighted by Crippen LogP contribution is -2.25. The highest BCUT2D eigenvalue weighted by Crippen LogP contribution is 2.42. The van der Waals surface area contributed by atoms with Crippen LogP contribution in [0.5, 0.6) is 11.5 Å². The summed E-state index contributed by atoms with van der Waals surface area (Å²) < 4.78 is 22.4. The Morgan fingerprint density at radius 3 is 2.53 bits per heavy atom. The van der Waals surface area contributed by atoms with Crippen LogP contribution in [0.4, 0.5) is 0 Å². The number of esters is 1. The van der Waals surface area contributed by atoms with E-state index in [1.807, 2.05) is 6.92 Å². The van der Waals surface area contributed by atoms with Crippen LogP contribution in [0.2, 0.25) is 10.0 Å². The van der Waals surface area contributed by atoms with E-state index in [2.05, 4.69) is 6.07 Å². The van der Waals surface area contributed by atoms with Crippen LogP contribution in [0.25, 0.3) is 0 Å². The maximum atomic E-state index is 12.7. The third kappa shape index (κ3) is 5.41. The Bertz CT molecular complexity index is 1200. The third-order valence-corrected chi connectivity index (χ3v) is 5.69. The summed E-state index contributed by atoms with van der Waals surface area (Å²) in [5.74, 6) is -0.243. The molecule has 0 spiro atoms. The van der Waals surface area contributed by atoms with Gasteiger partial charge in [-0.3, -0.25) is 0 Å². The zero-order valence-corrected chi connectivity index (χ0v) is 20.5. The van der Waals surface area contributed by atoms with Gasteiger partial charge >= 0.3 is 5.97 Å². The van der Waals surface area contributed by atoms with Crippen molar-refractivity contribution in [2.75, 3.05) is 13.2 Å². The predicted molar refractivity (Wildman–Crippen MR) is 128 cm³/mol. The minimum absolute atomic E-state index is 0.0614. The predicted octanol–water partition coefficient (Wildman–Crippen LogP) is 5.62. The maximum absolute atomic E-state index is 12.7. The van der Waals surface area contributed by atoms with Gasteiger partial charge in [-0.05, 0) is 50.6 Å². The van der Waals surface area contributed by atoms with E-state index >= 15 is 0 Å². The summed E-state index contributed by atoms with van der Waals surface area (Å²) in [5.41, 5.74) is 7.65. The van der Waals surface area contributed by atoms with Gasteiger partial charge in [-0.1, -0.05) is 35.3 Å². The van der Waals surface area contributed by atoms with Gasteiger partial charge in [-0.15, -0.1) is 0 Å². The Balaban J connectivity index is 2.00. The molecule has 0 fully saturated rings. The molecule has 2 aromatic carbocycles. The van der Waals surface area contributed by atoms with Crippen molar-refractivity contribution >= 4 is 29.2 Å². The molecule has 2 aromatic rings. The number of benzene rings is 2. The van der Waals surface area contributed by atoms with Gasteiger partial charge in [0.15, 0.2) is 11.5 Å². The van der Waals surface area contributed by atoms with Crippen LogP contribution in [0, 0.1) is 11.3 Å². The highest BCUT2D eigenvalue weighted by atomic mass is 35.5. The number of nitrogens with two attached hydrogens (primary N) is 1. The summed E-state index contributed by atoms with van der Waals surface area (Å²) in [6.07, 6.45) is 0. The molecule has 0 saturated carbocycles. The Hall–Kier alpha value is -3.34. The molecule has 34 heavy (non-hydrogen) atoms. The quantitative estimate of drug-likeness (QED) is 0.467. The average Bonchev–Trinajstić information content (AvgIpc) is 2.79. The van der Waals surface area contributed by atoms with Crippen molar-refractivity contribution in [1.82, 2.24) is 0 Å². The molecule has 1 unspecified atom stereocenters. The highest BCUT2D eigenvalue weighted by Gasteiger charge is 2.36. The number of halogens is 2. The smallest absolute Gasteiger partial charge is 0.338 e. The van der Waals surface area contributed by atoms with E-state index in [1.54, 1.807) is 50.2 Å².